The van der Waals surface area contributed by atoms with Crippen molar-refractivity contribution in [3.8, 4) is 0 Å². The first-order valence-corrected chi connectivity index (χ1v) is 6.15. The molecule has 1 aromatic rings. The number of aryl methyl sites for hydroxylation is 1. The molecule has 1 aromatic heterocycles. The standard InChI is InChI=1S/C12H12F6N2/c1-7-2-20(19-8(7)11(13,14)15)6-9-3-10(4-9,5-9)12(16,17)18/h2H,3-6H2,1H3. The molecule has 0 N–H and O–H groups in total. The van der Waals surface area contributed by atoms with Crippen LogP contribution in [0.2, 0.25) is 0 Å². The van der Waals surface area contributed by atoms with Gasteiger partial charge in [-0.25, -0.2) is 0 Å². The minimum Gasteiger partial charge on any atom is -0.271 e. The van der Waals surface area contributed by atoms with Crippen molar-refractivity contribution in [1.29, 1.82) is 0 Å². The van der Waals surface area contributed by atoms with E-state index in [2.05, 4.69) is 5.10 Å². The molecule has 0 atom stereocenters. The summed E-state index contributed by atoms with van der Waals surface area (Å²) in [6.07, 6.45) is -7.46. The van der Waals surface area contributed by atoms with E-state index >= 15 is 0 Å². The topological polar surface area (TPSA) is 17.8 Å². The molecule has 2 bridgehead atoms. The average Bonchev–Trinajstić information content (AvgIpc) is 2.47. The van der Waals surface area contributed by atoms with Crippen molar-refractivity contribution in [2.75, 3.05) is 0 Å². The van der Waals surface area contributed by atoms with E-state index in [1.165, 1.54) is 13.1 Å². The molecule has 3 saturated carbocycles. The summed E-state index contributed by atoms with van der Waals surface area (Å²) in [5.74, 6) is 0. The van der Waals surface area contributed by atoms with Crippen molar-refractivity contribution >= 4 is 0 Å². The Morgan fingerprint density at radius 3 is 2.10 bits per heavy atom. The molecule has 0 aliphatic heterocycles. The Balaban J connectivity index is 1.71. The smallest absolute Gasteiger partial charge is 0.271 e. The number of rotatable bonds is 2. The predicted molar refractivity (Wildman–Crippen MR) is 56.7 cm³/mol. The minimum absolute atomic E-state index is 0.00373. The van der Waals surface area contributed by atoms with Crippen molar-refractivity contribution in [3.05, 3.63) is 17.5 Å². The summed E-state index contributed by atoms with van der Waals surface area (Å²) in [4.78, 5) is 0. The molecule has 20 heavy (non-hydrogen) atoms. The van der Waals surface area contributed by atoms with Gasteiger partial charge in [-0.05, 0) is 37.2 Å². The molecule has 0 radical (unpaired) electrons. The third-order valence-corrected chi connectivity index (χ3v) is 4.45. The van der Waals surface area contributed by atoms with Crippen molar-refractivity contribution in [2.24, 2.45) is 10.8 Å². The summed E-state index contributed by atoms with van der Waals surface area (Å²) in [5.41, 5.74) is -3.07. The highest BCUT2D eigenvalue weighted by Crippen LogP contribution is 2.78. The maximum absolute atomic E-state index is 12.7. The van der Waals surface area contributed by atoms with Gasteiger partial charge in [0.1, 0.15) is 0 Å². The molecule has 0 saturated heterocycles. The van der Waals surface area contributed by atoms with Gasteiger partial charge < -0.3 is 0 Å². The van der Waals surface area contributed by atoms with Crippen LogP contribution in [0.25, 0.3) is 0 Å². The zero-order valence-corrected chi connectivity index (χ0v) is 10.6. The van der Waals surface area contributed by atoms with Gasteiger partial charge in [0.15, 0.2) is 5.69 Å². The lowest BCUT2D eigenvalue weighted by atomic mass is 9.35. The number of hydrogen-bond acceptors (Lipinski definition) is 1. The van der Waals surface area contributed by atoms with Crippen LogP contribution in [0.15, 0.2) is 6.20 Å². The van der Waals surface area contributed by atoms with Crippen molar-refractivity contribution in [2.45, 2.75) is 45.1 Å². The van der Waals surface area contributed by atoms with Gasteiger partial charge in [0, 0.05) is 12.7 Å². The Morgan fingerprint density at radius 2 is 1.70 bits per heavy atom. The molecule has 3 aliphatic carbocycles. The van der Waals surface area contributed by atoms with Crippen LogP contribution < -0.4 is 0 Å². The maximum atomic E-state index is 12.7. The van der Waals surface area contributed by atoms with Crippen LogP contribution in [-0.4, -0.2) is 16.0 Å². The van der Waals surface area contributed by atoms with Crippen LogP contribution in [-0.2, 0) is 12.7 Å². The summed E-state index contributed by atoms with van der Waals surface area (Å²) in [7, 11) is 0. The normalized spacial score (nSPS) is 32.8. The monoisotopic (exact) mass is 298 g/mol. The van der Waals surface area contributed by atoms with Gasteiger partial charge >= 0.3 is 12.4 Å². The lowest BCUT2D eigenvalue weighted by molar-refractivity contribution is -0.366. The molecule has 3 aliphatic rings. The quantitative estimate of drug-likeness (QED) is 0.756. The molecule has 0 aromatic carbocycles. The van der Waals surface area contributed by atoms with Crippen LogP contribution >= 0.6 is 0 Å². The highest BCUT2D eigenvalue weighted by atomic mass is 19.4. The minimum atomic E-state index is -4.53. The van der Waals surface area contributed by atoms with E-state index in [1.54, 1.807) is 0 Å². The molecule has 4 rings (SSSR count). The molecule has 1 heterocycles. The predicted octanol–water partition coefficient (Wildman–Crippen LogP) is 3.94. The molecule has 8 heteroatoms. The lowest BCUT2D eigenvalue weighted by Crippen LogP contribution is -2.69. The second-order valence-electron chi connectivity index (χ2n) is 6.16. The van der Waals surface area contributed by atoms with E-state index in [-0.39, 0.29) is 31.4 Å². The summed E-state index contributed by atoms with van der Waals surface area (Å²) in [6, 6.07) is 0. The molecule has 0 unspecified atom stereocenters. The third-order valence-electron chi connectivity index (χ3n) is 4.45. The SMILES string of the molecule is Cc1cn(CC23CC(C(F)(F)F)(C2)C3)nc1C(F)(F)F. The Bertz CT molecular complexity index is 533. The van der Waals surface area contributed by atoms with E-state index < -0.39 is 28.9 Å². The highest BCUT2D eigenvalue weighted by Gasteiger charge is 2.78. The van der Waals surface area contributed by atoms with E-state index in [0.717, 1.165) is 4.68 Å². The lowest BCUT2D eigenvalue weighted by Gasteiger charge is -2.70. The van der Waals surface area contributed by atoms with Gasteiger partial charge in [0.2, 0.25) is 0 Å². The van der Waals surface area contributed by atoms with Crippen LogP contribution in [0.4, 0.5) is 26.3 Å². The van der Waals surface area contributed by atoms with E-state index in [9.17, 15) is 26.3 Å². The maximum Gasteiger partial charge on any atom is 0.435 e. The molecule has 3 fully saturated rings. The van der Waals surface area contributed by atoms with Gasteiger partial charge in [-0.15, -0.1) is 0 Å². The Kier molecular flexibility index (Phi) is 2.42. The molecular formula is C12H12F6N2. The van der Waals surface area contributed by atoms with Gasteiger partial charge in [-0.3, -0.25) is 4.68 Å². The molecule has 2 nitrogen and oxygen atoms in total. The largest absolute Gasteiger partial charge is 0.435 e. The van der Waals surface area contributed by atoms with Gasteiger partial charge in [0.05, 0.1) is 5.41 Å². The summed E-state index contributed by atoms with van der Waals surface area (Å²) in [5, 5.41) is 3.47. The highest BCUT2D eigenvalue weighted by molar-refractivity contribution is 5.22. The van der Waals surface area contributed by atoms with Gasteiger partial charge in [0.25, 0.3) is 0 Å². The fraction of sp³-hybridized carbons (Fsp3) is 0.750. The summed E-state index contributed by atoms with van der Waals surface area (Å²) in [6.45, 7) is 1.42. The van der Waals surface area contributed by atoms with E-state index in [1.807, 2.05) is 0 Å². The Labute approximate surface area is 110 Å². The molecule has 112 valence electrons. The average molecular weight is 298 g/mol. The first-order chi connectivity index (χ1) is 8.97. The summed E-state index contributed by atoms with van der Waals surface area (Å²) >= 11 is 0. The Morgan fingerprint density at radius 1 is 1.15 bits per heavy atom. The van der Waals surface area contributed by atoms with E-state index in [0.29, 0.717) is 0 Å². The number of aromatic nitrogens is 2. The second kappa shape index (κ2) is 3.51. The fourth-order valence-electron chi connectivity index (χ4n) is 3.69. The van der Waals surface area contributed by atoms with Crippen LogP contribution in [0.5, 0.6) is 0 Å². The zero-order chi connectivity index (χ0) is 15.0. The number of hydrogen-bond donors (Lipinski definition) is 0. The molecular weight excluding hydrogens is 286 g/mol. The zero-order valence-electron chi connectivity index (χ0n) is 10.6. The summed E-state index contributed by atoms with van der Waals surface area (Å²) < 4.78 is 77.0. The second-order valence-corrected chi connectivity index (χ2v) is 6.16. The van der Waals surface area contributed by atoms with Crippen LogP contribution in [0.3, 0.4) is 0 Å². The number of alkyl halides is 6. The van der Waals surface area contributed by atoms with Crippen LogP contribution in [0.1, 0.15) is 30.5 Å². The molecule has 0 amide bonds. The van der Waals surface area contributed by atoms with Crippen molar-refractivity contribution < 1.29 is 26.3 Å². The number of nitrogens with zero attached hydrogens (tertiary/aromatic N) is 2. The number of halogens is 6. The first-order valence-electron chi connectivity index (χ1n) is 6.15. The molecule has 0 spiro atoms. The van der Waals surface area contributed by atoms with Crippen molar-refractivity contribution in [1.82, 2.24) is 9.78 Å². The van der Waals surface area contributed by atoms with Crippen molar-refractivity contribution in [3.63, 3.8) is 0 Å². The third kappa shape index (κ3) is 1.76. The Hall–Kier alpha value is -1.21. The fourth-order valence-corrected chi connectivity index (χ4v) is 3.69. The van der Waals surface area contributed by atoms with Gasteiger partial charge in [-0.1, -0.05) is 0 Å². The van der Waals surface area contributed by atoms with E-state index in [4.69, 9.17) is 0 Å². The van der Waals surface area contributed by atoms with Crippen LogP contribution in [0, 0.1) is 17.8 Å². The van der Waals surface area contributed by atoms with Gasteiger partial charge in [-0.2, -0.15) is 31.4 Å². The first kappa shape index (κ1) is 13.8.